The monoisotopic (exact) mass is 195 g/mol. The van der Waals surface area contributed by atoms with E-state index in [-0.39, 0.29) is 12.4 Å². The maximum absolute atomic E-state index is 10.7. The number of carboxylic acid groups (broad SMARTS) is 1. The predicted octanol–water partition coefficient (Wildman–Crippen LogP) is 1.65. The standard InChI is InChI=1S/C9H11NO.CH2O2/c1-7-5-3-4-6-9(7)10-8(2)11;2-1-3/h3-6H,1-2H3,(H,10,11);1H,(H,2,3). The highest BCUT2D eigenvalue weighted by Gasteiger charge is 1.96. The molecule has 1 amide bonds. The summed E-state index contributed by atoms with van der Waals surface area (Å²) in [5.41, 5.74) is 1.97. The van der Waals surface area contributed by atoms with Crippen molar-refractivity contribution in [3.05, 3.63) is 29.8 Å². The van der Waals surface area contributed by atoms with E-state index in [4.69, 9.17) is 9.90 Å². The van der Waals surface area contributed by atoms with Gasteiger partial charge in [0.2, 0.25) is 5.91 Å². The van der Waals surface area contributed by atoms with Gasteiger partial charge >= 0.3 is 0 Å². The summed E-state index contributed by atoms with van der Waals surface area (Å²) in [5, 5.41) is 9.62. The van der Waals surface area contributed by atoms with Crippen LogP contribution in [0.4, 0.5) is 5.69 Å². The summed E-state index contributed by atoms with van der Waals surface area (Å²) in [5.74, 6) is -0.0284. The van der Waals surface area contributed by atoms with Gasteiger partial charge in [-0.15, -0.1) is 0 Å². The van der Waals surface area contributed by atoms with Gasteiger partial charge in [-0.05, 0) is 18.6 Å². The fourth-order valence-electron chi connectivity index (χ4n) is 0.903. The summed E-state index contributed by atoms with van der Waals surface area (Å²) in [6.07, 6.45) is 0. The molecule has 0 atom stereocenters. The van der Waals surface area contributed by atoms with Crippen LogP contribution in [0.2, 0.25) is 0 Å². The minimum atomic E-state index is -0.250. The quantitative estimate of drug-likeness (QED) is 0.669. The van der Waals surface area contributed by atoms with Crippen molar-refractivity contribution in [3.8, 4) is 0 Å². The Hall–Kier alpha value is -1.84. The number of aryl methyl sites for hydroxylation is 1. The molecule has 0 spiro atoms. The van der Waals surface area contributed by atoms with Crippen LogP contribution in [0.15, 0.2) is 24.3 Å². The molecular weight excluding hydrogens is 182 g/mol. The van der Waals surface area contributed by atoms with Gasteiger partial charge in [-0.1, -0.05) is 18.2 Å². The van der Waals surface area contributed by atoms with E-state index in [1.807, 2.05) is 31.2 Å². The second kappa shape index (κ2) is 6.65. The van der Waals surface area contributed by atoms with Crippen LogP contribution >= 0.6 is 0 Å². The largest absolute Gasteiger partial charge is 0.483 e. The Morgan fingerprint density at radius 1 is 1.43 bits per heavy atom. The van der Waals surface area contributed by atoms with E-state index in [9.17, 15) is 4.79 Å². The molecule has 0 bridgehead atoms. The lowest BCUT2D eigenvalue weighted by molar-refractivity contribution is -0.123. The van der Waals surface area contributed by atoms with Crippen molar-refractivity contribution in [3.63, 3.8) is 0 Å². The number of hydrogen-bond donors (Lipinski definition) is 2. The van der Waals surface area contributed by atoms with E-state index in [1.54, 1.807) is 0 Å². The number of para-hydroxylation sites is 1. The number of amides is 1. The number of carbonyl (C=O) groups is 2. The van der Waals surface area contributed by atoms with Gasteiger partial charge < -0.3 is 10.4 Å². The molecule has 1 aromatic rings. The van der Waals surface area contributed by atoms with E-state index in [1.165, 1.54) is 6.92 Å². The van der Waals surface area contributed by atoms with Gasteiger partial charge in [0, 0.05) is 12.6 Å². The Balaban J connectivity index is 0.000000500. The first-order valence-corrected chi connectivity index (χ1v) is 4.03. The molecule has 0 aliphatic heterocycles. The lowest BCUT2D eigenvalue weighted by Crippen LogP contribution is -2.06. The van der Waals surface area contributed by atoms with Crippen LogP contribution < -0.4 is 5.32 Å². The minimum absolute atomic E-state index is 0.0284. The van der Waals surface area contributed by atoms with Crippen LogP contribution in [0.5, 0.6) is 0 Å². The summed E-state index contributed by atoms with van der Waals surface area (Å²) in [6, 6.07) is 7.70. The predicted molar refractivity (Wildman–Crippen MR) is 54.2 cm³/mol. The van der Waals surface area contributed by atoms with Gasteiger partial charge in [-0.3, -0.25) is 9.59 Å². The molecule has 1 aromatic carbocycles. The lowest BCUT2D eigenvalue weighted by Gasteiger charge is -2.03. The number of benzene rings is 1. The number of hydrogen-bond acceptors (Lipinski definition) is 2. The first-order valence-electron chi connectivity index (χ1n) is 4.03. The van der Waals surface area contributed by atoms with Gasteiger partial charge in [-0.2, -0.15) is 0 Å². The Morgan fingerprint density at radius 3 is 2.36 bits per heavy atom. The molecule has 1 rings (SSSR count). The fraction of sp³-hybridized carbons (Fsp3) is 0.200. The molecule has 14 heavy (non-hydrogen) atoms. The van der Waals surface area contributed by atoms with Crippen molar-refractivity contribution >= 4 is 18.1 Å². The van der Waals surface area contributed by atoms with Crippen LogP contribution in [-0.2, 0) is 9.59 Å². The highest BCUT2D eigenvalue weighted by atomic mass is 16.3. The van der Waals surface area contributed by atoms with Crippen LogP contribution in [0.25, 0.3) is 0 Å². The molecule has 0 aliphatic rings. The third-order valence-corrected chi connectivity index (χ3v) is 1.46. The SMILES string of the molecule is CC(=O)Nc1ccccc1C.O=CO. The topological polar surface area (TPSA) is 66.4 Å². The summed E-state index contributed by atoms with van der Waals surface area (Å²) in [7, 11) is 0. The summed E-state index contributed by atoms with van der Waals surface area (Å²) >= 11 is 0. The van der Waals surface area contributed by atoms with Gasteiger partial charge in [0.05, 0.1) is 0 Å². The van der Waals surface area contributed by atoms with Crippen LogP contribution in [0, 0.1) is 6.92 Å². The summed E-state index contributed by atoms with van der Waals surface area (Å²) < 4.78 is 0. The van der Waals surface area contributed by atoms with E-state index in [0.29, 0.717) is 0 Å². The van der Waals surface area contributed by atoms with Crippen molar-refractivity contribution in [2.75, 3.05) is 5.32 Å². The average Bonchev–Trinajstić information content (AvgIpc) is 2.09. The van der Waals surface area contributed by atoms with Crippen molar-refractivity contribution in [2.24, 2.45) is 0 Å². The number of anilines is 1. The first-order chi connectivity index (χ1) is 6.61. The minimum Gasteiger partial charge on any atom is -0.483 e. The van der Waals surface area contributed by atoms with Crippen molar-refractivity contribution < 1.29 is 14.7 Å². The zero-order valence-corrected chi connectivity index (χ0v) is 8.15. The molecule has 76 valence electrons. The summed E-state index contributed by atoms with van der Waals surface area (Å²) in [6.45, 7) is 3.22. The molecule has 0 unspecified atom stereocenters. The molecule has 4 heteroatoms. The maximum Gasteiger partial charge on any atom is 0.290 e. The van der Waals surface area contributed by atoms with Gasteiger partial charge in [-0.25, -0.2) is 0 Å². The first kappa shape index (κ1) is 12.2. The zero-order chi connectivity index (χ0) is 11.0. The maximum atomic E-state index is 10.7. The third-order valence-electron chi connectivity index (χ3n) is 1.46. The fourth-order valence-corrected chi connectivity index (χ4v) is 0.903. The Morgan fingerprint density at radius 2 is 1.93 bits per heavy atom. The molecular formula is C10H13NO3. The summed E-state index contributed by atoms with van der Waals surface area (Å²) in [4.78, 5) is 19.0. The molecule has 2 N–H and O–H groups in total. The molecule has 0 saturated carbocycles. The number of carbonyl (C=O) groups excluding carboxylic acids is 1. The Bertz CT molecular complexity index is 310. The van der Waals surface area contributed by atoms with Gasteiger partial charge in [0.15, 0.2) is 0 Å². The highest BCUT2D eigenvalue weighted by Crippen LogP contribution is 2.12. The normalized spacial score (nSPS) is 8.14. The van der Waals surface area contributed by atoms with Crippen LogP contribution in [0.1, 0.15) is 12.5 Å². The molecule has 0 radical (unpaired) electrons. The van der Waals surface area contributed by atoms with Gasteiger partial charge in [0.1, 0.15) is 0 Å². The highest BCUT2D eigenvalue weighted by molar-refractivity contribution is 5.89. The van der Waals surface area contributed by atoms with E-state index >= 15 is 0 Å². The molecule has 0 fully saturated rings. The lowest BCUT2D eigenvalue weighted by atomic mass is 10.2. The van der Waals surface area contributed by atoms with E-state index in [2.05, 4.69) is 5.32 Å². The van der Waals surface area contributed by atoms with E-state index in [0.717, 1.165) is 11.3 Å². The Labute approximate surface area is 82.6 Å². The Kier molecular flexibility index (Phi) is 5.78. The average molecular weight is 195 g/mol. The van der Waals surface area contributed by atoms with Crippen LogP contribution in [-0.4, -0.2) is 17.5 Å². The van der Waals surface area contributed by atoms with Crippen molar-refractivity contribution in [1.29, 1.82) is 0 Å². The number of rotatable bonds is 1. The second-order valence-corrected chi connectivity index (χ2v) is 2.60. The zero-order valence-electron chi connectivity index (χ0n) is 8.15. The number of nitrogens with one attached hydrogen (secondary N) is 1. The third kappa shape index (κ3) is 4.92. The van der Waals surface area contributed by atoms with Crippen LogP contribution in [0.3, 0.4) is 0 Å². The van der Waals surface area contributed by atoms with Crippen molar-refractivity contribution in [1.82, 2.24) is 0 Å². The molecule has 0 aromatic heterocycles. The van der Waals surface area contributed by atoms with Crippen molar-refractivity contribution in [2.45, 2.75) is 13.8 Å². The van der Waals surface area contributed by atoms with E-state index < -0.39 is 0 Å². The molecule has 4 nitrogen and oxygen atoms in total. The molecule has 0 heterocycles. The van der Waals surface area contributed by atoms with Gasteiger partial charge in [0.25, 0.3) is 6.47 Å². The second-order valence-electron chi connectivity index (χ2n) is 2.60. The molecule has 0 aliphatic carbocycles. The molecule has 0 saturated heterocycles. The smallest absolute Gasteiger partial charge is 0.290 e.